The van der Waals surface area contributed by atoms with E-state index in [1.807, 2.05) is 30.3 Å². The van der Waals surface area contributed by atoms with Crippen molar-refractivity contribution in [2.45, 2.75) is 24.9 Å². The highest BCUT2D eigenvalue weighted by molar-refractivity contribution is 5.47. The van der Waals surface area contributed by atoms with E-state index in [2.05, 4.69) is 0 Å². The number of methoxy groups -OCH3 is 2. The van der Waals surface area contributed by atoms with E-state index >= 15 is 0 Å². The summed E-state index contributed by atoms with van der Waals surface area (Å²) in [7, 11) is 3.10. The summed E-state index contributed by atoms with van der Waals surface area (Å²) in [5.41, 5.74) is 2.24. The molecule has 156 valence electrons. The zero-order valence-corrected chi connectivity index (χ0v) is 16.8. The van der Waals surface area contributed by atoms with Crippen LogP contribution < -0.4 is 18.9 Å². The average Bonchev–Trinajstić information content (AvgIpc) is 2.80. The van der Waals surface area contributed by atoms with Crippen LogP contribution in [0.4, 0.5) is 0 Å². The molecule has 0 saturated carbocycles. The Morgan fingerprint density at radius 3 is 2.37 bits per heavy atom. The highest BCUT2D eigenvalue weighted by atomic mass is 16.5. The number of aliphatic hydroxyl groups is 2. The first-order chi connectivity index (χ1) is 14.6. The van der Waals surface area contributed by atoms with Crippen LogP contribution in [0, 0.1) is 0 Å². The van der Waals surface area contributed by atoms with Crippen LogP contribution in [0.15, 0.2) is 66.7 Å². The van der Waals surface area contributed by atoms with Crippen molar-refractivity contribution in [2.24, 2.45) is 0 Å². The van der Waals surface area contributed by atoms with Gasteiger partial charge in [0, 0.05) is 11.6 Å². The average molecular weight is 408 g/mol. The maximum absolute atomic E-state index is 10.7. The minimum atomic E-state index is -1.13. The monoisotopic (exact) mass is 408 g/mol. The topological polar surface area (TPSA) is 77.4 Å². The van der Waals surface area contributed by atoms with Gasteiger partial charge in [-0.1, -0.05) is 36.4 Å². The van der Waals surface area contributed by atoms with Crippen LogP contribution in [-0.2, 0) is 6.61 Å². The Bertz CT molecular complexity index is 1000. The van der Waals surface area contributed by atoms with E-state index < -0.39 is 18.3 Å². The van der Waals surface area contributed by atoms with Gasteiger partial charge in [-0.05, 0) is 35.4 Å². The number of ether oxygens (including phenoxy) is 4. The first-order valence-corrected chi connectivity index (χ1v) is 9.66. The molecule has 6 heteroatoms. The first-order valence-electron chi connectivity index (χ1n) is 9.66. The van der Waals surface area contributed by atoms with E-state index in [-0.39, 0.29) is 0 Å². The summed E-state index contributed by atoms with van der Waals surface area (Å²) in [6.07, 6.45) is -2.99. The van der Waals surface area contributed by atoms with E-state index in [0.29, 0.717) is 40.7 Å². The van der Waals surface area contributed by atoms with Crippen molar-refractivity contribution in [1.82, 2.24) is 0 Å². The molecule has 3 aromatic rings. The van der Waals surface area contributed by atoms with Gasteiger partial charge in [-0.15, -0.1) is 0 Å². The predicted octanol–water partition coefficient (Wildman–Crippen LogP) is 3.81. The SMILES string of the molecule is COc1ccc([C@@H]2Oc3cc(OCc4ccccc4)ccc3[C@@H](O)[C@H]2O)cc1OC. The Kier molecular flexibility index (Phi) is 5.79. The third-order valence-electron chi connectivity index (χ3n) is 5.18. The minimum Gasteiger partial charge on any atom is -0.493 e. The van der Waals surface area contributed by atoms with Gasteiger partial charge in [-0.3, -0.25) is 0 Å². The van der Waals surface area contributed by atoms with Gasteiger partial charge in [0.25, 0.3) is 0 Å². The fourth-order valence-electron chi connectivity index (χ4n) is 3.54. The lowest BCUT2D eigenvalue weighted by molar-refractivity contribution is -0.0701. The van der Waals surface area contributed by atoms with Crippen molar-refractivity contribution < 1.29 is 29.2 Å². The number of fused-ring (bicyclic) bond motifs is 1. The molecule has 0 aromatic heterocycles. The molecule has 0 spiro atoms. The third kappa shape index (κ3) is 3.92. The molecule has 4 rings (SSSR count). The summed E-state index contributed by atoms with van der Waals surface area (Å²) < 4.78 is 22.6. The van der Waals surface area contributed by atoms with Crippen molar-refractivity contribution in [1.29, 1.82) is 0 Å². The van der Waals surface area contributed by atoms with Gasteiger partial charge in [-0.2, -0.15) is 0 Å². The van der Waals surface area contributed by atoms with Gasteiger partial charge in [0.05, 0.1) is 14.2 Å². The molecular weight excluding hydrogens is 384 g/mol. The zero-order valence-electron chi connectivity index (χ0n) is 16.8. The minimum absolute atomic E-state index is 0.421. The van der Waals surface area contributed by atoms with Crippen molar-refractivity contribution in [2.75, 3.05) is 14.2 Å². The molecular formula is C24H24O6. The summed E-state index contributed by atoms with van der Waals surface area (Å²) >= 11 is 0. The van der Waals surface area contributed by atoms with Crippen LogP contribution in [0.5, 0.6) is 23.0 Å². The maximum atomic E-state index is 10.7. The normalized spacial score (nSPS) is 20.1. The number of benzene rings is 3. The van der Waals surface area contributed by atoms with Crippen LogP contribution in [0.1, 0.15) is 28.9 Å². The van der Waals surface area contributed by atoms with Crippen molar-refractivity contribution in [3.8, 4) is 23.0 Å². The number of rotatable bonds is 6. The van der Waals surface area contributed by atoms with Crippen LogP contribution in [0.2, 0.25) is 0 Å². The molecule has 30 heavy (non-hydrogen) atoms. The van der Waals surface area contributed by atoms with Gasteiger partial charge < -0.3 is 29.2 Å². The molecule has 0 radical (unpaired) electrons. The van der Waals surface area contributed by atoms with E-state index in [1.54, 1.807) is 50.6 Å². The van der Waals surface area contributed by atoms with Gasteiger partial charge in [0.1, 0.15) is 30.3 Å². The Hall–Kier alpha value is -3.22. The molecule has 0 amide bonds. The summed E-state index contributed by atoms with van der Waals surface area (Å²) in [5.74, 6) is 2.18. The second-order valence-electron chi connectivity index (χ2n) is 7.06. The van der Waals surface area contributed by atoms with E-state index in [1.165, 1.54) is 0 Å². The largest absolute Gasteiger partial charge is 0.493 e. The summed E-state index contributed by atoms with van der Waals surface area (Å²) in [4.78, 5) is 0. The molecule has 6 nitrogen and oxygen atoms in total. The number of hydrogen-bond donors (Lipinski definition) is 2. The lowest BCUT2D eigenvalue weighted by Crippen LogP contribution is -2.34. The molecule has 0 saturated heterocycles. The quantitative estimate of drug-likeness (QED) is 0.646. The second-order valence-corrected chi connectivity index (χ2v) is 7.06. The van der Waals surface area contributed by atoms with Crippen LogP contribution in [-0.4, -0.2) is 30.5 Å². The Labute approximate surface area is 175 Å². The highest BCUT2D eigenvalue weighted by Crippen LogP contribution is 2.44. The third-order valence-corrected chi connectivity index (χ3v) is 5.18. The first kappa shape index (κ1) is 20.1. The van der Waals surface area contributed by atoms with Gasteiger partial charge >= 0.3 is 0 Å². The fraction of sp³-hybridized carbons (Fsp3) is 0.250. The Morgan fingerprint density at radius 1 is 0.867 bits per heavy atom. The standard InChI is InChI=1S/C24H24O6/c1-27-19-11-8-16(12-21(19)28-2)24-23(26)22(25)18-10-9-17(13-20(18)30-24)29-14-15-6-4-3-5-7-15/h3-13,22-26H,14H2,1-2H3/t22-,23-,24+/m1/s1. The second kappa shape index (κ2) is 8.65. The number of hydrogen-bond acceptors (Lipinski definition) is 6. The van der Waals surface area contributed by atoms with Gasteiger partial charge in [-0.25, -0.2) is 0 Å². The molecule has 1 heterocycles. The summed E-state index contributed by atoms with van der Waals surface area (Å²) in [5, 5.41) is 21.3. The smallest absolute Gasteiger partial charge is 0.161 e. The molecule has 1 aliphatic heterocycles. The van der Waals surface area contributed by atoms with E-state index in [9.17, 15) is 10.2 Å². The van der Waals surface area contributed by atoms with E-state index in [4.69, 9.17) is 18.9 Å². The lowest BCUT2D eigenvalue weighted by Gasteiger charge is -2.34. The maximum Gasteiger partial charge on any atom is 0.161 e. The van der Waals surface area contributed by atoms with Crippen molar-refractivity contribution in [3.63, 3.8) is 0 Å². The number of aliphatic hydroxyl groups excluding tert-OH is 2. The van der Waals surface area contributed by atoms with Crippen molar-refractivity contribution in [3.05, 3.63) is 83.4 Å². The zero-order chi connectivity index (χ0) is 21.1. The lowest BCUT2D eigenvalue weighted by atomic mass is 9.92. The molecule has 0 aliphatic carbocycles. The molecule has 0 fully saturated rings. The van der Waals surface area contributed by atoms with Crippen molar-refractivity contribution >= 4 is 0 Å². The molecule has 3 aromatic carbocycles. The summed E-state index contributed by atoms with van der Waals surface area (Å²) in [6, 6.07) is 20.3. The molecule has 2 N–H and O–H groups in total. The van der Waals surface area contributed by atoms with Crippen LogP contribution >= 0.6 is 0 Å². The van der Waals surface area contributed by atoms with E-state index in [0.717, 1.165) is 5.56 Å². The molecule has 1 aliphatic rings. The van der Waals surface area contributed by atoms with Gasteiger partial charge in [0.2, 0.25) is 0 Å². The van der Waals surface area contributed by atoms with Crippen LogP contribution in [0.25, 0.3) is 0 Å². The molecule has 0 bridgehead atoms. The van der Waals surface area contributed by atoms with Crippen LogP contribution in [0.3, 0.4) is 0 Å². The predicted molar refractivity (Wildman–Crippen MR) is 111 cm³/mol. The molecule has 0 unspecified atom stereocenters. The van der Waals surface area contributed by atoms with Gasteiger partial charge in [0.15, 0.2) is 17.6 Å². The molecule has 3 atom stereocenters. The Balaban J connectivity index is 1.58. The highest BCUT2D eigenvalue weighted by Gasteiger charge is 2.37. The fourth-order valence-corrected chi connectivity index (χ4v) is 3.54. The summed E-state index contributed by atoms with van der Waals surface area (Å²) in [6.45, 7) is 0.421. The Morgan fingerprint density at radius 2 is 1.63 bits per heavy atom.